The Kier molecular flexibility index (Phi) is 5.55. The highest BCUT2D eigenvalue weighted by Gasteiger charge is 2.31. The highest BCUT2D eigenvalue weighted by Crippen LogP contribution is 2.43. The van der Waals surface area contributed by atoms with Gasteiger partial charge in [0.05, 0.1) is 7.11 Å². The van der Waals surface area contributed by atoms with Gasteiger partial charge in [0, 0.05) is 5.92 Å². The van der Waals surface area contributed by atoms with E-state index in [4.69, 9.17) is 10.5 Å². The van der Waals surface area contributed by atoms with Crippen molar-refractivity contribution in [3.8, 4) is 5.75 Å². The van der Waals surface area contributed by atoms with Gasteiger partial charge in [-0.25, -0.2) is 0 Å². The lowest BCUT2D eigenvalue weighted by atomic mass is 9.70. The van der Waals surface area contributed by atoms with E-state index in [0.717, 1.165) is 11.7 Å². The van der Waals surface area contributed by atoms with Crippen molar-refractivity contribution in [1.29, 1.82) is 0 Å². The van der Waals surface area contributed by atoms with Crippen molar-refractivity contribution in [2.45, 2.75) is 64.7 Å². The molecular weight excluding hydrogens is 270 g/mol. The molecule has 0 aromatic heterocycles. The molecule has 3 atom stereocenters. The second-order valence-corrected chi connectivity index (χ2v) is 7.97. The predicted octanol–water partition coefficient (Wildman–Crippen LogP) is 4.86. The summed E-state index contributed by atoms with van der Waals surface area (Å²) in [5.41, 5.74) is 9.06. The minimum atomic E-state index is 0.151. The molecule has 0 heterocycles. The molecule has 1 aliphatic carbocycles. The third-order valence-corrected chi connectivity index (χ3v) is 5.44. The molecule has 0 aliphatic heterocycles. The maximum atomic E-state index is 6.23. The monoisotopic (exact) mass is 303 g/mol. The molecule has 1 aliphatic rings. The van der Waals surface area contributed by atoms with Gasteiger partial charge in [0.2, 0.25) is 0 Å². The van der Waals surface area contributed by atoms with Gasteiger partial charge in [-0.05, 0) is 47.4 Å². The Bertz CT molecular complexity index is 489. The minimum Gasteiger partial charge on any atom is -0.496 e. The van der Waals surface area contributed by atoms with Crippen molar-refractivity contribution >= 4 is 0 Å². The Morgan fingerprint density at radius 2 is 1.91 bits per heavy atom. The molecule has 0 saturated heterocycles. The number of hydrogen-bond donors (Lipinski definition) is 1. The van der Waals surface area contributed by atoms with Crippen molar-refractivity contribution in [3.63, 3.8) is 0 Å². The molecule has 1 saturated carbocycles. The molecule has 2 rings (SSSR count). The maximum absolute atomic E-state index is 6.23. The summed E-state index contributed by atoms with van der Waals surface area (Å²) in [7, 11) is 1.77. The van der Waals surface area contributed by atoms with Crippen LogP contribution in [0.4, 0.5) is 0 Å². The van der Waals surface area contributed by atoms with Crippen LogP contribution < -0.4 is 10.5 Å². The van der Waals surface area contributed by atoms with E-state index >= 15 is 0 Å². The molecular formula is C20H33NO. The number of benzene rings is 1. The highest BCUT2D eigenvalue weighted by atomic mass is 16.5. The minimum absolute atomic E-state index is 0.151. The Morgan fingerprint density at radius 1 is 1.23 bits per heavy atom. The molecule has 0 bridgehead atoms. The van der Waals surface area contributed by atoms with Gasteiger partial charge < -0.3 is 10.5 Å². The highest BCUT2D eigenvalue weighted by molar-refractivity contribution is 5.42. The van der Waals surface area contributed by atoms with Crippen molar-refractivity contribution in [3.05, 3.63) is 29.3 Å². The average molecular weight is 303 g/mol. The molecule has 124 valence electrons. The van der Waals surface area contributed by atoms with Crippen LogP contribution in [0.5, 0.6) is 5.75 Å². The SMILES string of the molecule is COc1ccc(C(C)(C)C)cc1C(CN)C1CCCCC1C. The average Bonchev–Trinajstić information content (AvgIpc) is 2.49. The second kappa shape index (κ2) is 7.04. The van der Waals surface area contributed by atoms with Crippen LogP contribution in [0.25, 0.3) is 0 Å². The molecule has 1 aromatic rings. The van der Waals surface area contributed by atoms with E-state index in [0.29, 0.717) is 18.4 Å². The number of rotatable bonds is 4. The van der Waals surface area contributed by atoms with Gasteiger partial charge in [-0.1, -0.05) is 59.1 Å². The third kappa shape index (κ3) is 3.65. The summed E-state index contributed by atoms with van der Waals surface area (Å²) in [4.78, 5) is 0. The van der Waals surface area contributed by atoms with Gasteiger partial charge in [-0.15, -0.1) is 0 Å². The van der Waals surface area contributed by atoms with Gasteiger partial charge in [0.25, 0.3) is 0 Å². The Labute approximate surface area is 136 Å². The summed E-state index contributed by atoms with van der Waals surface area (Å²) in [6, 6.07) is 6.67. The summed E-state index contributed by atoms with van der Waals surface area (Å²) < 4.78 is 5.67. The number of ether oxygens (including phenoxy) is 1. The quantitative estimate of drug-likeness (QED) is 0.862. The Balaban J connectivity index is 2.42. The fourth-order valence-corrected chi connectivity index (χ4v) is 3.97. The largest absolute Gasteiger partial charge is 0.496 e. The Hall–Kier alpha value is -1.02. The van der Waals surface area contributed by atoms with E-state index in [2.05, 4.69) is 45.9 Å². The lowest BCUT2D eigenvalue weighted by Crippen LogP contribution is -2.29. The topological polar surface area (TPSA) is 35.2 Å². The van der Waals surface area contributed by atoms with Gasteiger partial charge in [-0.3, -0.25) is 0 Å². The van der Waals surface area contributed by atoms with E-state index in [1.54, 1.807) is 7.11 Å². The van der Waals surface area contributed by atoms with Gasteiger partial charge >= 0.3 is 0 Å². The zero-order valence-electron chi connectivity index (χ0n) is 15.0. The summed E-state index contributed by atoms with van der Waals surface area (Å²) in [6.07, 6.45) is 5.34. The summed E-state index contributed by atoms with van der Waals surface area (Å²) in [5.74, 6) is 2.85. The fraction of sp³-hybridized carbons (Fsp3) is 0.700. The molecule has 2 N–H and O–H groups in total. The first kappa shape index (κ1) is 17.3. The van der Waals surface area contributed by atoms with E-state index in [1.807, 2.05) is 0 Å². The summed E-state index contributed by atoms with van der Waals surface area (Å²) in [5, 5.41) is 0. The second-order valence-electron chi connectivity index (χ2n) is 7.97. The number of methoxy groups -OCH3 is 1. The van der Waals surface area contributed by atoms with Gasteiger partial charge in [0.1, 0.15) is 5.75 Å². The van der Waals surface area contributed by atoms with Crippen LogP contribution in [-0.2, 0) is 5.41 Å². The lowest BCUT2D eigenvalue weighted by Gasteiger charge is -2.36. The molecule has 1 fully saturated rings. The lowest BCUT2D eigenvalue weighted by molar-refractivity contribution is 0.216. The van der Waals surface area contributed by atoms with Crippen LogP contribution in [0.3, 0.4) is 0 Å². The first-order valence-corrected chi connectivity index (χ1v) is 8.77. The van der Waals surface area contributed by atoms with E-state index in [9.17, 15) is 0 Å². The molecule has 2 nitrogen and oxygen atoms in total. The van der Waals surface area contributed by atoms with Crippen LogP contribution >= 0.6 is 0 Å². The zero-order valence-corrected chi connectivity index (χ0v) is 15.0. The molecule has 0 amide bonds. The van der Waals surface area contributed by atoms with Gasteiger partial charge in [0.15, 0.2) is 0 Å². The van der Waals surface area contributed by atoms with Crippen molar-refractivity contribution in [2.24, 2.45) is 17.6 Å². The first-order chi connectivity index (χ1) is 10.4. The molecule has 22 heavy (non-hydrogen) atoms. The van der Waals surface area contributed by atoms with Crippen LogP contribution in [0.1, 0.15) is 70.4 Å². The predicted molar refractivity (Wildman–Crippen MR) is 94.6 cm³/mol. The normalized spacial score (nSPS) is 24.1. The van der Waals surface area contributed by atoms with Gasteiger partial charge in [-0.2, -0.15) is 0 Å². The van der Waals surface area contributed by atoms with Crippen molar-refractivity contribution in [2.75, 3.05) is 13.7 Å². The smallest absolute Gasteiger partial charge is 0.122 e. The molecule has 0 spiro atoms. The Morgan fingerprint density at radius 3 is 2.45 bits per heavy atom. The van der Waals surface area contributed by atoms with Crippen molar-refractivity contribution < 1.29 is 4.74 Å². The summed E-state index contributed by atoms with van der Waals surface area (Å²) in [6.45, 7) is 9.89. The maximum Gasteiger partial charge on any atom is 0.122 e. The van der Waals surface area contributed by atoms with E-state index in [1.165, 1.54) is 36.8 Å². The van der Waals surface area contributed by atoms with Crippen LogP contribution in [0.15, 0.2) is 18.2 Å². The zero-order chi connectivity index (χ0) is 16.3. The molecule has 0 radical (unpaired) electrons. The number of nitrogens with two attached hydrogens (primary N) is 1. The third-order valence-electron chi connectivity index (χ3n) is 5.44. The van der Waals surface area contributed by atoms with Crippen molar-refractivity contribution in [1.82, 2.24) is 0 Å². The van der Waals surface area contributed by atoms with E-state index in [-0.39, 0.29) is 5.41 Å². The summed E-state index contributed by atoms with van der Waals surface area (Å²) >= 11 is 0. The van der Waals surface area contributed by atoms with Crippen LogP contribution in [-0.4, -0.2) is 13.7 Å². The first-order valence-electron chi connectivity index (χ1n) is 8.77. The molecule has 1 aromatic carbocycles. The number of hydrogen-bond acceptors (Lipinski definition) is 2. The fourth-order valence-electron chi connectivity index (χ4n) is 3.97. The molecule has 2 heteroatoms. The van der Waals surface area contributed by atoms with Crippen LogP contribution in [0, 0.1) is 11.8 Å². The molecule has 3 unspecified atom stereocenters. The van der Waals surface area contributed by atoms with Crippen LogP contribution in [0.2, 0.25) is 0 Å². The van der Waals surface area contributed by atoms with E-state index < -0.39 is 0 Å². The standard InChI is InChI=1S/C20H33NO/c1-14-8-6-7-9-16(14)18(13-21)17-12-15(20(2,3)4)10-11-19(17)22-5/h10-12,14,16,18H,6-9,13,21H2,1-5H3.